The number of nitrogens with zero attached hydrogens (tertiary/aromatic N) is 3. The molecule has 3 rings (SSSR count). The van der Waals surface area contributed by atoms with Crippen molar-refractivity contribution in [3.8, 4) is 0 Å². The van der Waals surface area contributed by atoms with Gasteiger partial charge in [-0.25, -0.2) is 9.97 Å². The third-order valence-corrected chi connectivity index (χ3v) is 3.61. The number of hydrogen-bond donors (Lipinski definition) is 0. The number of aromatic nitrogens is 3. The summed E-state index contributed by atoms with van der Waals surface area (Å²) in [5.41, 5.74) is 0.878. The minimum atomic E-state index is 0.688. The van der Waals surface area contributed by atoms with Crippen LogP contribution in [0.2, 0.25) is 5.02 Å². The highest BCUT2D eigenvalue weighted by Crippen LogP contribution is 2.31. The van der Waals surface area contributed by atoms with Gasteiger partial charge in [0.25, 0.3) is 0 Å². The minimum absolute atomic E-state index is 0.688. The standard InChI is InChI=1S/C13H8ClN3S/c14-9-2-3-10-11(8-9)15-7-4-12(10)18-13-16-5-1-6-17-13/h1-8H. The summed E-state index contributed by atoms with van der Waals surface area (Å²) in [7, 11) is 0. The van der Waals surface area contributed by atoms with E-state index in [1.165, 1.54) is 11.8 Å². The Morgan fingerprint density at radius 1 is 0.944 bits per heavy atom. The maximum atomic E-state index is 5.96. The molecular formula is C13H8ClN3S. The Bertz CT molecular complexity index is 688. The molecule has 5 heteroatoms. The molecule has 0 radical (unpaired) electrons. The minimum Gasteiger partial charge on any atom is -0.256 e. The molecule has 3 nitrogen and oxygen atoms in total. The maximum absolute atomic E-state index is 5.96. The zero-order valence-corrected chi connectivity index (χ0v) is 10.8. The summed E-state index contributed by atoms with van der Waals surface area (Å²) in [6.45, 7) is 0. The number of fused-ring (bicyclic) bond motifs is 1. The molecule has 0 saturated carbocycles. The molecule has 0 N–H and O–H groups in total. The van der Waals surface area contributed by atoms with Crippen LogP contribution in [0.5, 0.6) is 0 Å². The van der Waals surface area contributed by atoms with Crippen LogP contribution in [0.15, 0.2) is 59.0 Å². The van der Waals surface area contributed by atoms with Crippen LogP contribution in [-0.4, -0.2) is 15.0 Å². The first kappa shape index (κ1) is 11.4. The second kappa shape index (κ2) is 4.92. The lowest BCUT2D eigenvalue weighted by Crippen LogP contribution is -1.86. The first-order chi connectivity index (χ1) is 8.83. The predicted octanol–water partition coefficient (Wildman–Crippen LogP) is 3.83. The van der Waals surface area contributed by atoms with Gasteiger partial charge in [0, 0.05) is 33.9 Å². The SMILES string of the molecule is Clc1ccc2c(Sc3ncccn3)ccnc2c1. The Labute approximate surface area is 113 Å². The van der Waals surface area contributed by atoms with Crippen molar-refractivity contribution in [3.63, 3.8) is 0 Å². The number of pyridine rings is 1. The van der Waals surface area contributed by atoms with Crippen molar-refractivity contribution in [2.75, 3.05) is 0 Å². The molecule has 0 aliphatic rings. The Morgan fingerprint density at radius 2 is 1.78 bits per heavy atom. The van der Waals surface area contributed by atoms with Gasteiger partial charge in [0.15, 0.2) is 5.16 Å². The first-order valence-corrected chi connectivity index (χ1v) is 6.51. The summed E-state index contributed by atoms with van der Waals surface area (Å²) in [6, 6.07) is 9.44. The number of halogens is 1. The van der Waals surface area contributed by atoms with Crippen molar-refractivity contribution < 1.29 is 0 Å². The zero-order chi connectivity index (χ0) is 12.4. The molecule has 0 spiro atoms. The molecule has 88 valence electrons. The van der Waals surface area contributed by atoms with Crippen LogP contribution in [0.4, 0.5) is 0 Å². The summed E-state index contributed by atoms with van der Waals surface area (Å²) in [6.07, 6.45) is 5.23. The Hall–Kier alpha value is -1.65. The van der Waals surface area contributed by atoms with Gasteiger partial charge in [-0.1, -0.05) is 17.7 Å². The fourth-order valence-electron chi connectivity index (χ4n) is 1.62. The lowest BCUT2D eigenvalue weighted by atomic mass is 10.2. The maximum Gasteiger partial charge on any atom is 0.192 e. The van der Waals surface area contributed by atoms with Gasteiger partial charge in [0.2, 0.25) is 0 Å². The molecule has 18 heavy (non-hydrogen) atoms. The van der Waals surface area contributed by atoms with Gasteiger partial charge in [-0.15, -0.1) is 0 Å². The highest BCUT2D eigenvalue weighted by molar-refractivity contribution is 7.99. The molecule has 0 unspecified atom stereocenters. The van der Waals surface area contributed by atoms with Crippen LogP contribution in [-0.2, 0) is 0 Å². The van der Waals surface area contributed by atoms with Gasteiger partial charge in [0.05, 0.1) is 5.52 Å². The summed E-state index contributed by atoms with van der Waals surface area (Å²) >= 11 is 7.48. The fraction of sp³-hybridized carbons (Fsp3) is 0. The van der Waals surface area contributed by atoms with E-state index in [1.54, 1.807) is 24.7 Å². The van der Waals surface area contributed by atoms with Gasteiger partial charge in [-0.3, -0.25) is 4.98 Å². The van der Waals surface area contributed by atoms with Gasteiger partial charge >= 0.3 is 0 Å². The van der Waals surface area contributed by atoms with Crippen molar-refractivity contribution >= 4 is 34.3 Å². The van der Waals surface area contributed by atoms with Crippen LogP contribution in [0.1, 0.15) is 0 Å². The highest BCUT2D eigenvalue weighted by atomic mass is 35.5. The highest BCUT2D eigenvalue weighted by Gasteiger charge is 2.05. The van der Waals surface area contributed by atoms with E-state index < -0.39 is 0 Å². The van der Waals surface area contributed by atoms with Crippen molar-refractivity contribution in [3.05, 3.63) is 53.9 Å². The summed E-state index contributed by atoms with van der Waals surface area (Å²) in [4.78, 5) is 13.8. The fourth-order valence-corrected chi connectivity index (χ4v) is 2.62. The predicted molar refractivity (Wildman–Crippen MR) is 72.9 cm³/mol. The number of rotatable bonds is 2. The van der Waals surface area contributed by atoms with E-state index in [2.05, 4.69) is 15.0 Å². The summed E-state index contributed by atoms with van der Waals surface area (Å²) in [5, 5.41) is 2.47. The van der Waals surface area contributed by atoms with E-state index in [-0.39, 0.29) is 0 Å². The van der Waals surface area contributed by atoms with Gasteiger partial charge < -0.3 is 0 Å². The van der Waals surface area contributed by atoms with Crippen molar-refractivity contribution in [2.24, 2.45) is 0 Å². The Morgan fingerprint density at radius 3 is 2.61 bits per heavy atom. The molecule has 0 aliphatic heterocycles. The number of benzene rings is 1. The quantitative estimate of drug-likeness (QED) is 0.665. The van der Waals surface area contributed by atoms with Crippen LogP contribution in [0.25, 0.3) is 10.9 Å². The molecule has 0 amide bonds. The molecule has 3 aromatic rings. The summed E-state index contributed by atoms with van der Waals surface area (Å²) in [5.74, 6) is 0. The van der Waals surface area contributed by atoms with E-state index in [4.69, 9.17) is 11.6 Å². The molecule has 0 aliphatic carbocycles. The van der Waals surface area contributed by atoms with Crippen molar-refractivity contribution in [1.82, 2.24) is 15.0 Å². The largest absolute Gasteiger partial charge is 0.256 e. The van der Waals surface area contributed by atoms with Crippen LogP contribution in [0.3, 0.4) is 0 Å². The lowest BCUT2D eigenvalue weighted by molar-refractivity contribution is 0.967. The smallest absolute Gasteiger partial charge is 0.192 e. The van der Waals surface area contributed by atoms with E-state index >= 15 is 0 Å². The molecular weight excluding hydrogens is 266 g/mol. The monoisotopic (exact) mass is 273 g/mol. The third-order valence-electron chi connectivity index (χ3n) is 2.41. The van der Waals surface area contributed by atoms with Gasteiger partial charge in [-0.05, 0) is 36.0 Å². The zero-order valence-electron chi connectivity index (χ0n) is 9.25. The van der Waals surface area contributed by atoms with Crippen LogP contribution >= 0.6 is 23.4 Å². The van der Waals surface area contributed by atoms with Gasteiger partial charge in [-0.2, -0.15) is 0 Å². The van der Waals surface area contributed by atoms with Gasteiger partial charge in [0.1, 0.15) is 0 Å². The average Bonchev–Trinajstić information content (AvgIpc) is 2.40. The van der Waals surface area contributed by atoms with Crippen LogP contribution in [0, 0.1) is 0 Å². The average molecular weight is 274 g/mol. The third kappa shape index (κ3) is 2.30. The Kier molecular flexibility index (Phi) is 3.13. The Balaban J connectivity index is 2.07. The summed E-state index contributed by atoms with van der Waals surface area (Å²) < 4.78 is 0. The van der Waals surface area contributed by atoms with E-state index in [9.17, 15) is 0 Å². The second-order valence-electron chi connectivity index (χ2n) is 3.60. The molecule has 0 atom stereocenters. The molecule has 0 saturated heterocycles. The van der Waals surface area contributed by atoms with Crippen LogP contribution < -0.4 is 0 Å². The van der Waals surface area contributed by atoms with E-state index in [0.29, 0.717) is 5.02 Å². The number of hydrogen-bond acceptors (Lipinski definition) is 4. The normalized spacial score (nSPS) is 10.7. The van der Waals surface area contributed by atoms with E-state index in [0.717, 1.165) is 21.0 Å². The molecule has 0 bridgehead atoms. The lowest BCUT2D eigenvalue weighted by Gasteiger charge is -2.04. The second-order valence-corrected chi connectivity index (χ2v) is 5.05. The molecule has 2 heterocycles. The first-order valence-electron chi connectivity index (χ1n) is 5.32. The topological polar surface area (TPSA) is 38.7 Å². The van der Waals surface area contributed by atoms with Crippen molar-refractivity contribution in [1.29, 1.82) is 0 Å². The molecule has 2 aromatic heterocycles. The molecule has 0 fully saturated rings. The van der Waals surface area contributed by atoms with E-state index in [1.807, 2.05) is 24.3 Å². The van der Waals surface area contributed by atoms with Crippen molar-refractivity contribution in [2.45, 2.75) is 10.1 Å². The molecule has 1 aromatic carbocycles.